The lowest BCUT2D eigenvalue weighted by atomic mass is 10.2. The SMILES string of the molecule is CCNS(=O)(=O)c1cc(OCNc2ccc(-c3nn(C)c4c(C(C)=O)c(C)nn34)cc2)cc(S(=O)(=O)NCC)c1. The molecule has 0 amide bonds. The molecule has 4 aromatic rings. The number of aryl methyl sites for hydroxylation is 2. The molecule has 0 spiro atoms. The number of rotatable bonds is 12. The smallest absolute Gasteiger partial charge is 0.240 e. The van der Waals surface area contributed by atoms with Crippen molar-refractivity contribution in [1.82, 2.24) is 28.8 Å². The Morgan fingerprint density at radius 2 is 1.50 bits per heavy atom. The molecule has 214 valence electrons. The number of sulfonamides is 2. The van der Waals surface area contributed by atoms with E-state index in [0.29, 0.717) is 28.4 Å². The van der Waals surface area contributed by atoms with Crippen molar-refractivity contribution in [3.05, 3.63) is 53.7 Å². The van der Waals surface area contributed by atoms with Gasteiger partial charge in [0.1, 0.15) is 5.75 Å². The second-order valence-electron chi connectivity index (χ2n) is 8.88. The molecule has 0 radical (unpaired) electrons. The van der Waals surface area contributed by atoms with Crippen molar-refractivity contribution < 1.29 is 26.4 Å². The summed E-state index contributed by atoms with van der Waals surface area (Å²) in [4.78, 5) is 11.6. The number of anilines is 1. The number of carbonyl (C=O) groups is 1. The Kier molecular flexibility index (Phi) is 8.30. The molecule has 15 heteroatoms. The van der Waals surface area contributed by atoms with Crippen molar-refractivity contribution in [3.63, 3.8) is 0 Å². The number of Topliss-reactive ketones (excluding diaryl/α,β-unsaturated/α-hetero) is 1. The van der Waals surface area contributed by atoms with Gasteiger partial charge in [-0.05, 0) is 44.2 Å². The fourth-order valence-corrected chi connectivity index (χ4v) is 6.49. The van der Waals surface area contributed by atoms with Crippen molar-refractivity contribution in [2.75, 3.05) is 25.1 Å². The molecule has 13 nitrogen and oxygen atoms in total. The first-order valence-electron chi connectivity index (χ1n) is 12.4. The monoisotopic (exact) mass is 589 g/mol. The third-order valence-electron chi connectivity index (χ3n) is 5.94. The van der Waals surface area contributed by atoms with Gasteiger partial charge in [-0.15, -0.1) is 0 Å². The van der Waals surface area contributed by atoms with Crippen molar-refractivity contribution in [2.24, 2.45) is 7.05 Å². The minimum Gasteiger partial charge on any atom is -0.473 e. The highest BCUT2D eigenvalue weighted by atomic mass is 32.2. The highest BCUT2D eigenvalue weighted by Gasteiger charge is 2.22. The van der Waals surface area contributed by atoms with Crippen molar-refractivity contribution in [1.29, 1.82) is 0 Å². The van der Waals surface area contributed by atoms with E-state index in [0.717, 1.165) is 11.6 Å². The van der Waals surface area contributed by atoms with Crippen LogP contribution in [0.1, 0.15) is 36.8 Å². The predicted molar refractivity (Wildman–Crippen MR) is 149 cm³/mol. The maximum atomic E-state index is 12.6. The van der Waals surface area contributed by atoms with Crippen molar-refractivity contribution in [2.45, 2.75) is 37.5 Å². The zero-order valence-electron chi connectivity index (χ0n) is 22.7. The number of fused-ring (bicyclic) bond motifs is 1. The number of carbonyl (C=O) groups excluding carboxylic acids is 1. The molecular weight excluding hydrogens is 558 g/mol. The van der Waals surface area contributed by atoms with Gasteiger partial charge >= 0.3 is 0 Å². The summed E-state index contributed by atoms with van der Waals surface area (Å²) in [5, 5.41) is 12.1. The zero-order valence-corrected chi connectivity index (χ0v) is 24.4. The van der Waals surface area contributed by atoms with Crippen LogP contribution in [0.15, 0.2) is 52.3 Å². The van der Waals surface area contributed by atoms with Gasteiger partial charge in [0, 0.05) is 43.5 Å². The lowest BCUT2D eigenvalue weighted by Crippen LogP contribution is -2.26. The van der Waals surface area contributed by atoms with Gasteiger partial charge in [0.25, 0.3) is 0 Å². The summed E-state index contributed by atoms with van der Waals surface area (Å²) in [7, 11) is -6.11. The number of aromatic nitrogens is 4. The van der Waals surface area contributed by atoms with E-state index >= 15 is 0 Å². The van der Waals surface area contributed by atoms with E-state index in [4.69, 9.17) is 4.74 Å². The third kappa shape index (κ3) is 5.86. The van der Waals surface area contributed by atoms with Gasteiger partial charge in [-0.25, -0.2) is 31.0 Å². The van der Waals surface area contributed by atoms with Crippen LogP contribution in [0.4, 0.5) is 5.69 Å². The minimum atomic E-state index is -3.94. The lowest BCUT2D eigenvalue weighted by Gasteiger charge is -2.13. The number of ketones is 1. The molecule has 0 bridgehead atoms. The van der Waals surface area contributed by atoms with Crippen LogP contribution in [0, 0.1) is 6.92 Å². The topological polar surface area (TPSA) is 166 Å². The van der Waals surface area contributed by atoms with Gasteiger partial charge < -0.3 is 10.1 Å². The number of nitrogens with zero attached hydrogens (tertiary/aromatic N) is 4. The summed E-state index contributed by atoms with van der Waals surface area (Å²) in [5.41, 5.74) is 3.23. The lowest BCUT2D eigenvalue weighted by molar-refractivity contribution is 0.101. The Hall–Kier alpha value is -3.79. The summed E-state index contributed by atoms with van der Waals surface area (Å²) in [6.45, 7) is 6.74. The van der Waals surface area contributed by atoms with Crippen LogP contribution >= 0.6 is 0 Å². The van der Waals surface area contributed by atoms with Gasteiger partial charge in [-0.2, -0.15) is 14.7 Å². The molecule has 2 aromatic carbocycles. The normalized spacial score (nSPS) is 12.1. The van der Waals surface area contributed by atoms with Crippen LogP contribution in [0.25, 0.3) is 17.0 Å². The number of hydrogen-bond acceptors (Lipinski definition) is 9. The Bertz CT molecular complexity index is 1720. The van der Waals surface area contributed by atoms with Crippen LogP contribution in [0.3, 0.4) is 0 Å². The van der Waals surface area contributed by atoms with E-state index < -0.39 is 20.0 Å². The fraction of sp³-hybridized carbons (Fsp3) is 0.320. The molecule has 0 aliphatic carbocycles. The number of ether oxygens (including phenoxy) is 1. The van der Waals surface area contributed by atoms with E-state index in [-0.39, 0.29) is 41.1 Å². The first-order valence-corrected chi connectivity index (χ1v) is 15.4. The quantitative estimate of drug-likeness (QED) is 0.166. The second-order valence-corrected chi connectivity index (χ2v) is 12.4. The molecule has 0 saturated heterocycles. The van der Waals surface area contributed by atoms with E-state index in [2.05, 4.69) is 25.0 Å². The third-order valence-corrected chi connectivity index (χ3v) is 8.99. The number of benzene rings is 2. The molecule has 2 heterocycles. The van der Waals surface area contributed by atoms with Crippen LogP contribution in [0.2, 0.25) is 0 Å². The Labute approximate surface area is 232 Å². The summed E-state index contributed by atoms with van der Waals surface area (Å²) in [6.07, 6.45) is 0. The molecule has 0 aliphatic heterocycles. The molecule has 4 rings (SSSR count). The minimum absolute atomic E-state index is 0.0609. The first-order chi connectivity index (χ1) is 18.9. The molecule has 40 heavy (non-hydrogen) atoms. The maximum Gasteiger partial charge on any atom is 0.240 e. The van der Waals surface area contributed by atoms with Gasteiger partial charge in [0.2, 0.25) is 20.0 Å². The van der Waals surface area contributed by atoms with E-state index in [9.17, 15) is 21.6 Å². The first kappa shape index (κ1) is 29.2. The van der Waals surface area contributed by atoms with E-state index in [1.165, 1.54) is 19.1 Å². The Balaban J connectivity index is 1.53. The largest absolute Gasteiger partial charge is 0.473 e. The summed E-state index contributed by atoms with van der Waals surface area (Å²) in [5.74, 6) is 0.549. The zero-order chi connectivity index (χ0) is 29.2. The number of nitrogens with one attached hydrogen (secondary N) is 3. The Morgan fingerprint density at radius 3 is 2.02 bits per heavy atom. The fourth-order valence-electron chi connectivity index (χ4n) is 4.21. The molecular formula is C25H31N7O6S2. The molecule has 0 atom stereocenters. The van der Waals surface area contributed by atoms with Crippen LogP contribution in [0.5, 0.6) is 5.75 Å². The van der Waals surface area contributed by atoms with E-state index in [1.807, 2.05) is 12.1 Å². The average Bonchev–Trinajstić information content (AvgIpc) is 3.39. The average molecular weight is 590 g/mol. The van der Waals surface area contributed by atoms with Gasteiger partial charge in [0.15, 0.2) is 24.0 Å². The van der Waals surface area contributed by atoms with E-state index in [1.54, 1.807) is 49.1 Å². The number of hydrogen-bond donors (Lipinski definition) is 3. The van der Waals surface area contributed by atoms with Crippen molar-refractivity contribution >= 4 is 37.2 Å². The molecule has 2 aromatic heterocycles. The van der Waals surface area contributed by atoms with Gasteiger partial charge in [-0.3, -0.25) is 4.79 Å². The van der Waals surface area contributed by atoms with Gasteiger partial charge in [-0.1, -0.05) is 13.8 Å². The summed E-state index contributed by atoms with van der Waals surface area (Å²) < 4.78 is 64.0. The maximum absolute atomic E-state index is 12.6. The standard InChI is InChI=1S/C25H31N7O6S2/c1-6-27-39(34,35)21-12-20(13-22(14-21)40(36,37)28-7-2)38-15-26-19-10-8-18(9-11-19)24-30-31(5)25-23(17(4)33)16(3)29-32(24)25/h8-14,26-28H,6-7,15H2,1-5H3. The molecule has 0 aliphatic rings. The van der Waals surface area contributed by atoms with Gasteiger partial charge in [0.05, 0.1) is 21.0 Å². The molecule has 0 saturated carbocycles. The second kappa shape index (κ2) is 11.4. The predicted octanol–water partition coefficient (Wildman–Crippen LogP) is 2.29. The van der Waals surface area contributed by atoms with Crippen LogP contribution < -0.4 is 19.5 Å². The van der Waals surface area contributed by atoms with Crippen molar-refractivity contribution in [3.8, 4) is 17.1 Å². The van der Waals surface area contributed by atoms with Crippen LogP contribution in [-0.2, 0) is 27.1 Å². The Morgan fingerprint density at radius 1 is 0.925 bits per heavy atom. The molecule has 0 fully saturated rings. The highest BCUT2D eigenvalue weighted by molar-refractivity contribution is 7.90. The summed E-state index contributed by atoms with van der Waals surface area (Å²) in [6, 6.07) is 10.9. The molecule has 0 unspecified atom stereocenters. The highest BCUT2D eigenvalue weighted by Crippen LogP contribution is 2.26. The van der Waals surface area contributed by atoms with Crippen LogP contribution in [-0.4, -0.2) is 61.8 Å². The summed E-state index contributed by atoms with van der Waals surface area (Å²) >= 11 is 0. The molecule has 3 N–H and O–H groups in total.